The number of piperidine rings is 1. The van der Waals surface area contributed by atoms with Crippen molar-refractivity contribution in [2.24, 2.45) is 0 Å². The smallest absolute Gasteiger partial charge is 0.261 e. The Morgan fingerprint density at radius 2 is 1.62 bits per heavy atom. The van der Waals surface area contributed by atoms with Crippen molar-refractivity contribution < 1.29 is 17.9 Å². The van der Waals surface area contributed by atoms with Gasteiger partial charge in [-0.15, -0.1) is 0 Å². The molecule has 0 aromatic heterocycles. The normalized spacial score (nSPS) is 13.9. The highest BCUT2D eigenvalue weighted by Gasteiger charge is 2.16. The first-order valence-corrected chi connectivity index (χ1v) is 12.9. The van der Waals surface area contributed by atoms with E-state index in [0.717, 1.165) is 18.8 Å². The topological polar surface area (TPSA) is 87.7 Å². The van der Waals surface area contributed by atoms with Gasteiger partial charge in [0.15, 0.2) is 0 Å². The van der Waals surface area contributed by atoms with Crippen LogP contribution in [0.15, 0.2) is 77.7 Å². The van der Waals surface area contributed by atoms with Crippen molar-refractivity contribution in [2.45, 2.75) is 31.1 Å². The number of anilines is 3. The van der Waals surface area contributed by atoms with Gasteiger partial charge in [0.1, 0.15) is 5.75 Å². The molecule has 1 aliphatic rings. The van der Waals surface area contributed by atoms with Crippen molar-refractivity contribution in [1.29, 1.82) is 0 Å². The van der Waals surface area contributed by atoms with Crippen molar-refractivity contribution in [2.75, 3.05) is 34.6 Å². The summed E-state index contributed by atoms with van der Waals surface area (Å²) in [5.74, 6) is 0.294. The van der Waals surface area contributed by atoms with Crippen LogP contribution in [0.4, 0.5) is 17.1 Å². The first-order chi connectivity index (χ1) is 16.4. The lowest BCUT2D eigenvalue weighted by atomic mass is 10.1. The molecule has 1 heterocycles. The Balaban J connectivity index is 1.45. The van der Waals surface area contributed by atoms with Gasteiger partial charge >= 0.3 is 0 Å². The highest BCUT2D eigenvalue weighted by atomic mass is 32.2. The Kier molecular flexibility index (Phi) is 7.37. The van der Waals surface area contributed by atoms with Crippen molar-refractivity contribution >= 4 is 33.0 Å². The molecule has 2 N–H and O–H groups in total. The minimum atomic E-state index is -3.81. The fourth-order valence-electron chi connectivity index (χ4n) is 3.96. The average Bonchev–Trinajstić information content (AvgIpc) is 2.85. The second kappa shape index (κ2) is 10.6. The number of hydrogen-bond donors (Lipinski definition) is 2. The van der Waals surface area contributed by atoms with Crippen LogP contribution >= 0.6 is 0 Å². The number of hydrogen-bond acceptors (Lipinski definition) is 5. The van der Waals surface area contributed by atoms with E-state index in [2.05, 4.69) is 21.0 Å². The maximum atomic E-state index is 12.9. The zero-order chi connectivity index (χ0) is 24.0. The Labute approximate surface area is 200 Å². The monoisotopic (exact) mass is 479 g/mol. The van der Waals surface area contributed by atoms with E-state index in [1.807, 2.05) is 25.1 Å². The summed E-state index contributed by atoms with van der Waals surface area (Å²) in [6, 6.07) is 20.4. The minimum absolute atomic E-state index is 0.111. The molecule has 1 amide bonds. The van der Waals surface area contributed by atoms with E-state index in [4.69, 9.17) is 4.74 Å². The summed E-state index contributed by atoms with van der Waals surface area (Å²) >= 11 is 0. The molecule has 0 atom stereocenters. The lowest BCUT2D eigenvalue weighted by Gasteiger charge is -2.29. The van der Waals surface area contributed by atoms with Crippen LogP contribution in [0.25, 0.3) is 0 Å². The van der Waals surface area contributed by atoms with Gasteiger partial charge in [-0.3, -0.25) is 9.52 Å². The van der Waals surface area contributed by atoms with Crippen LogP contribution in [0, 0.1) is 0 Å². The second-order valence-electron chi connectivity index (χ2n) is 8.14. The lowest BCUT2D eigenvalue weighted by molar-refractivity contribution is 0.102. The summed E-state index contributed by atoms with van der Waals surface area (Å²) in [6.45, 7) is 4.41. The van der Waals surface area contributed by atoms with Gasteiger partial charge in [0.25, 0.3) is 15.9 Å². The van der Waals surface area contributed by atoms with Gasteiger partial charge < -0.3 is 15.0 Å². The average molecular weight is 480 g/mol. The van der Waals surface area contributed by atoms with Crippen LogP contribution in [0.1, 0.15) is 36.5 Å². The summed E-state index contributed by atoms with van der Waals surface area (Å²) in [5.41, 5.74) is 2.46. The molecular weight excluding hydrogens is 450 g/mol. The van der Waals surface area contributed by atoms with Crippen LogP contribution in [0.3, 0.4) is 0 Å². The number of rotatable bonds is 8. The SMILES string of the molecule is CCOc1ccc(S(=O)(=O)Nc2cccc(C(=O)Nc3cccc(N4CCCCC4)c3)c2)cc1. The molecule has 0 unspecified atom stereocenters. The predicted molar refractivity (Wildman–Crippen MR) is 135 cm³/mol. The first-order valence-electron chi connectivity index (χ1n) is 11.5. The van der Waals surface area contributed by atoms with Gasteiger partial charge in [-0.25, -0.2) is 8.42 Å². The molecule has 4 rings (SSSR count). The van der Waals surface area contributed by atoms with Gasteiger partial charge in [-0.2, -0.15) is 0 Å². The van der Waals surface area contributed by atoms with E-state index in [-0.39, 0.29) is 10.8 Å². The molecular formula is C26H29N3O4S. The molecule has 8 heteroatoms. The van der Waals surface area contributed by atoms with Crippen LogP contribution < -0.4 is 19.7 Å². The van der Waals surface area contributed by atoms with Crippen molar-refractivity contribution in [3.8, 4) is 5.75 Å². The van der Waals surface area contributed by atoms with Gasteiger partial charge in [0, 0.05) is 35.7 Å². The molecule has 7 nitrogen and oxygen atoms in total. The van der Waals surface area contributed by atoms with E-state index in [1.54, 1.807) is 30.3 Å². The van der Waals surface area contributed by atoms with Gasteiger partial charge in [-0.05, 0) is 86.8 Å². The molecule has 3 aromatic rings. The maximum Gasteiger partial charge on any atom is 0.261 e. The number of nitrogens with zero attached hydrogens (tertiary/aromatic N) is 1. The van der Waals surface area contributed by atoms with Gasteiger partial charge in [-0.1, -0.05) is 12.1 Å². The van der Waals surface area contributed by atoms with E-state index in [9.17, 15) is 13.2 Å². The Bertz CT molecular complexity index is 1240. The zero-order valence-corrected chi connectivity index (χ0v) is 20.0. The number of sulfonamides is 1. The second-order valence-corrected chi connectivity index (χ2v) is 9.83. The number of carbonyl (C=O) groups excluding carboxylic acids is 1. The maximum absolute atomic E-state index is 12.9. The van der Waals surface area contributed by atoms with E-state index >= 15 is 0 Å². The molecule has 34 heavy (non-hydrogen) atoms. The fourth-order valence-corrected chi connectivity index (χ4v) is 5.00. The summed E-state index contributed by atoms with van der Waals surface area (Å²) in [5, 5.41) is 2.92. The third-order valence-electron chi connectivity index (χ3n) is 5.65. The Hall–Kier alpha value is -3.52. The molecule has 0 saturated carbocycles. The standard InChI is InChI=1S/C26H29N3O4S/c1-2-33-24-12-14-25(15-13-24)34(31,32)28-22-10-6-8-20(18-22)26(30)27-21-9-7-11-23(19-21)29-16-4-3-5-17-29/h6-15,18-19,28H,2-5,16-17H2,1H3,(H,27,30). The molecule has 1 aliphatic heterocycles. The number of carbonyl (C=O) groups is 1. The van der Waals surface area contributed by atoms with Crippen LogP contribution in [0.2, 0.25) is 0 Å². The minimum Gasteiger partial charge on any atom is -0.494 e. The number of amides is 1. The number of ether oxygens (including phenoxy) is 1. The third kappa shape index (κ3) is 5.88. The summed E-state index contributed by atoms with van der Waals surface area (Å²) in [7, 11) is -3.81. The zero-order valence-electron chi connectivity index (χ0n) is 19.2. The Morgan fingerprint density at radius 1 is 0.912 bits per heavy atom. The Morgan fingerprint density at radius 3 is 2.35 bits per heavy atom. The molecule has 0 spiro atoms. The number of benzene rings is 3. The molecule has 0 bridgehead atoms. The largest absolute Gasteiger partial charge is 0.494 e. The van der Waals surface area contributed by atoms with Crippen LogP contribution in [-0.2, 0) is 10.0 Å². The molecule has 0 aliphatic carbocycles. The van der Waals surface area contributed by atoms with Crippen LogP contribution in [-0.4, -0.2) is 34.0 Å². The highest BCUT2D eigenvalue weighted by molar-refractivity contribution is 7.92. The van der Waals surface area contributed by atoms with Crippen molar-refractivity contribution in [3.05, 3.63) is 78.4 Å². The molecule has 1 saturated heterocycles. The van der Waals surface area contributed by atoms with E-state index in [0.29, 0.717) is 29.3 Å². The van der Waals surface area contributed by atoms with Gasteiger partial charge in [0.05, 0.1) is 11.5 Å². The predicted octanol–water partition coefficient (Wildman–Crippen LogP) is 5.13. The third-order valence-corrected chi connectivity index (χ3v) is 7.04. The summed E-state index contributed by atoms with van der Waals surface area (Å²) in [4.78, 5) is 15.3. The van der Waals surface area contributed by atoms with E-state index < -0.39 is 10.0 Å². The van der Waals surface area contributed by atoms with E-state index in [1.165, 1.54) is 37.5 Å². The summed E-state index contributed by atoms with van der Waals surface area (Å²) in [6.07, 6.45) is 3.61. The van der Waals surface area contributed by atoms with Crippen molar-refractivity contribution in [3.63, 3.8) is 0 Å². The lowest BCUT2D eigenvalue weighted by Crippen LogP contribution is -2.29. The first kappa shape index (κ1) is 23.6. The summed E-state index contributed by atoms with van der Waals surface area (Å²) < 4.78 is 33.5. The highest BCUT2D eigenvalue weighted by Crippen LogP contribution is 2.24. The molecule has 3 aromatic carbocycles. The van der Waals surface area contributed by atoms with Crippen LogP contribution in [0.5, 0.6) is 5.75 Å². The molecule has 1 fully saturated rings. The fraction of sp³-hybridized carbons (Fsp3) is 0.269. The van der Waals surface area contributed by atoms with Gasteiger partial charge in [0.2, 0.25) is 0 Å². The molecule has 0 radical (unpaired) electrons. The quantitative estimate of drug-likeness (QED) is 0.468. The molecule has 178 valence electrons. The van der Waals surface area contributed by atoms with Crippen molar-refractivity contribution in [1.82, 2.24) is 0 Å². The number of nitrogens with one attached hydrogen (secondary N) is 2.